The number of unbranched alkanes of at least 4 members (excludes halogenated alkanes) is 1. The molecular weight excluding hydrogens is 160 g/mol. The van der Waals surface area contributed by atoms with Crippen LogP contribution < -0.4 is 0 Å². The molecule has 0 aromatic heterocycles. The fourth-order valence-corrected chi connectivity index (χ4v) is 0.870. The number of hydrogen-bond donors (Lipinski definition) is 2. The first-order chi connectivity index (χ1) is 5.70. The summed E-state index contributed by atoms with van der Waals surface area (Å²) < 4.78 is 4.38. The van der Waals surface area contributed by atoms with Crippen molar-refractivity contribution in [2.75, 3.05) is 13.7 Å². The predicted molar refractivity (Wildman–Crippen MR) is 43.6 cm³/mol. The lowest BCUT2D eigenvalue weighted by Crippen LogP contribution is -2.14. The van der Waals surface area contributed by atoms with E-state index in [1.807, 2.05) is 0 Å². The lowest BCUT2D eigenvalue weighted by molar-refractivity contribution is -0.142. The predicted octanol–water partition coefficient (Wildman–Crippen LogP) is 0.0730. The molecule has 0 radical (unpaired) electrons. The Hall–Kier alpha value is -0.610. The molecule has 1 unspecified atom stereocenters. The smallest absolute Gasteiger partial charge is 0.308 e. The summed E-state index contributed by atoms with van der Waals surface area (Å²) in [6, 6.07) is 0. The molecule has 4 nitrogen and oxygen atoms in total. The Morgan fingerprint density at radius 1 is 1.50 bits per heavy atom. The molecule has 1 atom stereocenters. The minimum atomic E-state index is -0.635. The van der Waals surface area contributed by atoms with Gasteiger partial charge in [0.2, 0.25) is 0 Å². The SMILES string of the molecule is COC(=O)CC(O)CCCCO. The topological polar surface area (TPSA) is 66.8 Å². The van der Waals surface area contributed by atoms with Gasteiger partial charge in [0, 0.05) is 6.61 Å². The van der Waals surface area contributed by atoms with Crippen LogP contribution >= 0.6 is 0 Å². The van der Waals surface area contributed by atoms with E-state index in [-0.39, 0.29) is 13.0 Å². The molecule has 0 fully saturated rings. The molecule has 0 aliphatic heterocycles. The monoisotopic (exact) mass is 176 g/mol. The van der Waals surface area contributed by atoms with Crippen molar-refractivity contribution in [2.45, 2.75) is 31.8 Å². The van der Waals surface area contributed by atoms with Gasteiger partial charge >= 0.3 is 5.97 Å². The normalized spacial score (nSPS) is 12.6. The van der Waals surface area contributed by atoms with Crippen LogP contribution in [0, 0.1) is 0 Å². The van der Waals surface area contributed by atoms with Gasteiger partial charge in [-0.25, -0.2) is 0 Å². The van der Waals surface area contributed by atoms with Crippen LogP contribution in [-0.4, -0.2) is 36.0 Å². The van der Waals surface area contributed by atoms with Gasteiger partial charge in [-0.05, 0) is 19.3 Å². The Bertz CT molecular complexity index is 124. The molecule has 72 valence electrons. The molecular formula is C8H16O4. The third kappa shape index (κ3) is 6.12. The number of carbonyl (C=O) groups excluding carboxylic acids is 1. The highest BCUT2D eigenvalue weighted by atomic mass is 16.5. The largest absolute Gasteiger partial charge is 0.469 e. The number of ether oxygens (including phenoxy) is 1. The number of esters is 1. The molecule has 12 heavy (non-hydrogen) atoms. The molecule has 0 aromatic rings. The number of hydrogen-bond acceptors (Lipinski definition) is 4. The fourth-order valence-electron chi connectivity index (χ4n) is 0.870. The van der Waals surface area contributed by atoms with E-state index in [9.17, 15) is 9.90 Å². The Morgan fingerprint density at radius 2 is 2.17 bits per heavy atom. The van der Waals surface area contributed by atoms with Crippen molar-refractivity contribution in [2.24, 2.45) is 0 Å². The van der Waals surface area contributed by atoms with Gasteiger partial charge in [0.25, 0.3) is 0 Å². The summed E-state index contributed by atoms with van der Waals surface area (Å²) in [5, 5.41) is 17.6. The minimum absolute atomic E-state index is 0.0436. The zero-order valence-corrected chi connectivity index (χ0v) is 7.32. The number of rotatable bonds is 6. The third-order valence-corrected chi connectivity index (χ3v) is 1.58. The second-order valence-corrected chi connectivity index (χ2v) is 2.65. The van der Waals surface area contributed by atoms with E-state index >= 15 is 0 Å². The Morgan fingerprint density at radius 3 is 2.67 bits per heavy atom. The zero-order valence-electron chi connectivity index (χ0n) is 7.32. The van der Waals surface area contributed by atoms with Crippen LogP contribution in [-0.2, 0) is 9.53 Å². The van der Waals surface area contributed by atoms with Crippen LogP contribution in [0.25, 0.3) is 0 Å². The van der Waals surface area contributed by atoms with Gasteiger partial charge in [0.05, 0.1) is 19.6 Å². The first-order valence-electron chi connectivity index (χ1n) is 4.06. The molecule has 0 aromatic carbocycles. The summed E-state index contributed by atoms with van der Waals surface area (Å²) >= 11 is 0. The molecule has 0 heterocycles. The molecule has 4 heteroatoms. The second-order valence-electron chi connectivity index (χ2n) is 2.65. The lowest BCUT2D eigenvalue weighted by atomic mass is 10.1. The molecule has 0 bridgehead atoms. The van der Waals surface area contributed by atoms with Crippen LogP contribution in [0.2, 0.25) is 0 Å². The first kappa shape index (κ1) is 11.4. The summed E-state index contributed by atoms with van der Waals surface area (Å²) in [7, 11) is 1.29. The van der Waals surface area contributed by atoms with E-state index in [0.29, 0.717) is 12.8 Å². The van der Waals surface area contributed by atoms with Crippen LogP contribution in [0.1, 0.15) is 25.7 Å². The summed E-state index contributed by atoms with van der Waals surface area (Å²) in [4.78, 5) is 10.6. The highest BCUT2D eigenvalue weighted by molar-refractivity contribution is 5.69. The van der Waals surface area contributed by atoms with E-state index < -0.39 is 12.1 Å². The van der Waals surface area contributed by atoms with Gasteiger partial charge in [-0.2, -0.15) is 0 Å². The van der Waals surface area contributed by atoms with Crippen molar-refractivity contribution in [3.05, 3.63) is 0 Å². The van der Waals surface area contributed by atoms with Gasteiger partial charge in [0.1, 0.15) is 0 Å². The standard InChI is InChI=1S/C8H16O4/c1-12-8(11)6-7(10)4-2-3-5-9/h7,9-10H,2-6H2,1H3. The maximum Gasteiger partial charge on any atom is 0.308 e. The average molecular weight is 176 g/mol. The van der Waals surface area contributed by atoms with Crippen molar-refractivity contribution in [1.29, 1.82) is 0 Å². The molecule has 0 spiro atoms. The average Bonchev–Trinajstić information content (AvgIpc) is 2.05. The molecule has 0 saturated heterocycles. The summed E-state index contributed by atoms with van der Waals surface area (Å²) in [5.41, 5.74) is 0. The second kappa shape index (κ2) is 7.06. The van der Waals surface area contributed by atoms with Crippen molar-refractivity contribution in [3.8, 4) is 0 Å². The minimum Gasteiger partial charge on any atom is -0.469 e. The first-order valence-corrected chi connectivity index (χ1v) is 4.06. The quantitative estimate of drug-likeness (QED) is 0.444. The van der Waals surface area contributed by atoms with E-state index in [1.165, 1.54) is 7.11 Å². The maximum atomic E-state index is 10.6. The molecule has 0 amide bonds. The fraction of sp³-hybridized carbons (Fsp3) is 0.875. The van der Waals surface area contributed by atoms with E-state index in [1.54, 1.807) is 0 Å². The van der Waals surface area contributed by atoms with Gasteiger partial charge in [-0.3, -0.25) is 4.79 Å². The van der Waals surface area contributed by atoms with Crippen molar-refractivity contribution >= 4 is 5.97 Å². The summed E-state index contributed by atoms with van der Waals surface area (Å²) in [6.07, 6.45) is 1.34. The van der Waals surface area contributed by atoms with Crippen molar-refractivity contribution < 1.29 is 19.7 Å². The van der Waals surface area contributed by atoms with Crippen LogP contribution in [0.15, 0.2) is 0 Å². The Labute approximate surface area is 72.2 Å². The van der Waals surface area contributed by atoms with Crippen molar-refractivity contribution in [3.63, 3.8) is 0 Å². The highest BCUT2D eigenvalue weighted by Gasteiger charge is 2.09. The van der Waals surface area contributed by atoms with Crippen LogP contribution in [0.5, 0.6) is 0 Å². The van der Waals surface area contributed by atoms with E-state index in [2.05, 4.69) is 4.74 Å². The van der Waals surface area contributed by atoms with Crippen molar-refractivity contribution in [1.82, 2.24) is 0 Å². The molecule has 0 rings (SSSR count). The van der Waals surface area contributed by atoms with Crippen LogP contribution in [0.4, 0.5) is 0 Å². The van der Waals surface area contributed by atoms with Gasteiger partial charge in [0.15, 0.2) is 0 Å². The van der Waals surface area contributed by atoms with E-state index in [0.717, 1.165) is 6.42 Å². The summed E-state index contributed by atoms with van der Waals surface area (Å²) in [6.45, 7) is 0.130. The third-order valence-electron chi connectivity index (χ3n) is 1.58. The Balaban J connectivity index is 3.32. The van der Waals surface area contributed by atoms with Gasteiger partial charge < -0.3 is 14.9 Å². The van der Waals surface area contributed by atoms with Gasteiger partial charge in [-0.15, -0.1) is 0 Å². The molecule has 0 aliphatic carbocycles. The van der Waals surface area contributed by atoms with Crippen LogP contribution in [0.3, 0.4) is 0 Å². The molecule has 0 saturated carbocycles. The zero-order chi connectivity index (χ0) is 9.40. The lowest BCUT2D eigenvalue weighted by Gasteiger charge is -2.07. The molecule has 0 aliphatic rings. The van der Waals surface area contributed by atoms with E-state index in [4.69, 9.17) is 5.11 Å². The number of aliphatic hydroxyl groups is 2. The number of methoxy groups -OCH3 is 1. The number of carbonyl (C=O) groups is 1. The molecule has 2 N–H and O–H groups in total. The number of aliphatic hydroxyl groups excluding tert-OH is 2. The highest BCUT2D eigenvalue weighted by Crippen LogP contribution is 2.04. The summed E-state index contributed by atoms with van der Waals surface area (Å²) in [5.74, 6) is -0.397. The Kier molecular flexibility index (Phi) is 6.70. The maximum absolute atomic E-state index is 10.6. The van der Waals surface area contributed by atoms with Gasteiger partial charge in [-0.1, -0.05) is 0 Å².